The Morgan fingerprint density at radius 2 is 1.94 bits per heavy atom. The number of esters is 1. The number of hydrogen-bond donors (Lipinski definition) is 0. The summed E-state index contributed by atoms with van der Waals surface area (Å²) in [5.74, 6) is -1.74. The molecule has 3 atom stereocenters. The molecule has 2 heterocycles. The van der Waals surface area contributed by atoms with Crippen LogP contribution < -0.4 is 0 Å². The molecule has 0 N–H and O–H groups in total. The highest BCUT2D eigenvalue weighted by atomic mass is 32.2. The van der Waals surface area contributed by atoms with Crippen LogP contribution in [0.15, 0.2) is 33.6 Å². The highest BCUT2D eigenvalue weighted by molar-refractivity contribution is 7.92. The lowest BCUT2D eigenvalue weighted by atomic mass is 9.94. The molecule has 0 bridgehead atoms. The standard InChI is InChI=1S/C21H27F4N3O3S/c1-19(2,3)31-18(29)12-17-26-20(4,14-8-5-6-9-15(14)22)13-32(30)27-16(21(23,24)25)10-7-11-28(17)32/h5-6,8-9,16H,7,10-13H2,1-4H3/t16-,20-,32?/m0/s1. The molecule has 178 valence electrons. The molecule has 0 saturated heterocycles. The van der Waals surface area contributed by atoms with E-state index in [1.54, 1.807) is 26.8 Å². The highest BCUT2D eigenvalue weighted by Crippen LogP contribution is 2.39. The number of fused-ring (bicyclic) bond motifs is 1. The van der Waals surface area contributed by atoms with E-state index in [4.69, 9.17) is 4.74 Å². The van der Waals surface area contributed by atoms with Crippen LogP contribution in [0.25, 0.3) is 0 Å². The lowest BCUT2D eigenvalue weighted by molar-refractivity contribution is -0.153. The van der Waals surface area contributed by atoms with Gasteiger partial charge in [0.15, 0.2) is 6.04 Å². The van der Waals surface area contributed by atoms with Gasteiger partial charge in [-0.15, -0.1) is 0 Å². The number of carbonyl (C=O) groups is 1. The number of amidine groups is 1. The number of aliphatic imine (C=N–C) groups is 1. The number of nitrogens with zero attached hydrogens (tertiary/aromatic N) is 3. The van der Waals surface area contributed by atoms with Gasteiger partial charge >= 0.3 is 12.1 Å². The minimum Gasteiger partial charge on any atom is -0.460 e. The number of ether oxygens (including phenoxy) is 1. The Hall–Kier alpha value is -2.17. The van der Waals surface area contributed by atoms with Gasteiger partial charge in [0, 0.05) is 12.1 Å². The number of rotatable bonds is 3. The van der Waals surface area contributed by atoms with E-state index in [1.165, 1.54) is 29.4 Å². The van der Waals surface area contributed by atoms with Crippen molar-refractivity contribution in [3.63, 3.8) is 0 Å². The van der Waals surface area contributed by atoms with Crippen molar-refractivity contribution in [1.82, 2.24) is 4.31 Å². The molecule has 1 unspecified atom stereocenters. The maximum Gasteiger partial charge on any atom is 0.411 e. The largest absolute Gasteiger partial charge is 0.460 e. The first-order valence-corrected chi connectivity index (χ1v) is 11.9. The molecule has 0 radical (unpaired) electrons. The summed E-state index contributed by atoms with van der Waals surface area (Å²) < 4.78 is 79.4. The summed E-state index contributed by atoms with van der Waals surface area (Å²) in [6.45, 7) is 6.51. The van der Waals surface area contributed by atoms with Gasteiger partial charge in [0.1, 0.15) is 39.1 Å². The lowest BCUT2D eigenvalue weighted by Gasteiger charge is -2.40. The second-order valence-electron chi connectivity index (χ2n) is 9.20. The Kier molecular flexibility index (Phi) is 6.36. The fourth-order valence-electron chi connectivity index (χ4n) is 3.92. The maximum absolute atomic E-state index is 14.6. The molecule has 0 aliphatic carbocycles. The summed E-state index contributed by atoms with van der Waals surface area (Å²) in [6, 6.07) is 3.57. The molecule has 0 saturated carbocycles. The highest BCUT2D eigenvalue weighted by Gasteiger charge is 2.48. The van der Waals surface area contributed by atoms with Gasteiger partial charge in [-0.2, -0.15) is 13.2 Å². The SMILES string of the molecule is CC(C)(C)OC(=O)CC1=N[C@](C)(c2ccccc2F)CS2(=O)=N[C@H](C(F)(F)F)CCCN12. The van der Waals surface area contributed by atoms with Crippen LogP contribution in [0.2, 0.25) is 0 Å². The quantitative estimate of drug-likeness (QED) is 0.472. The molecule has 3 rings (SSSR count). The van der Waals surface area contributed by atoms with E-state index in [2.05, 4.69) is 9.36 Å². The molecule has 0 fully saturated rings. The Labute approximate surface area is 185 Å². The van der Waals surface area contributed by atoms with E-state index in [1.807, 2.05) is 0 Å². The molecule has 11 heteroatoms. The van der Waals surface area contributed by atoms with Crippen molar-refractivity contribution < 1.29 is 31.3 Å². The second kappa shape index (κ2) is 8.31. The summed E-state index contributed by atoms with van der Waals surface area (Å²) in [4.78, 5) is 17.1. The van der Waals surface area contributed by atoms with Crippen molar-refractivity contribution in [1.29, 1.82) is 0 Å². The average Bonchev–Trinajstić information content (AvgIpc) is 2.78. The van der Waals surface area contributed by atoms with Gasteiger partial charge in [-0.05, 0) is 46.6 Å². The molecule has 6 nitrogen and oxygen atoms in total. The summed E-state index contributed by atoms with van der Waals surface area (Å²) in [7, 11) is -3.68. The van der Waals surface area contributed by atoms with Crippen LogP contribution >= 0.6 is 0 Å². The first-order valence-electron chi connectivity index (χ1n) is 10.3. The third-order valence-corrected chi connectivity index (χ3v) is 7.77. The topological polar surface area (TPSA) is 71.3 Å². The van der Waals surface area contributed by atoms with E-state index in [0.29, 0.717) is 0 Å². The summed E-state index contributed by atoms with van der Waals surface area (Å²) in [6.07, 6.45) is -5.33. The van der Waals surface area contributed by atoms with E-state index in [9.17, 15) is 26.6 Å². The Morgan fingerprint density at radius 3 is 2.53 bits per heavy atom. The number of hydrogen-bond acceptors (Lipinski definition) is 5. The van der Waals surface area contributed by atoms with Crippen molar-refractivity contribution in [3.05, 3.63) is 35.6 Å². The Bertz CT molecular complexity index is 1040. The summed E-state index contributed by atoms with van der Waals surface area (Å²) >= 11 is 0. The fourth-order valence-corrected chi connectivity index (χ4v) is 6.69. The molecule has 1 aromatic rings. The van der Waals surface area contributed by atoms with Gasteiger partial charge in [-0.25, -0.2) is 13.0 Å². The molecular weight excluding hydrogens is 450 g/mol. The number of benzene rings is 1. The molecule has 1 aromatic carbocycles. The Morgan fingerprint density at radius 1 is 1.28 bits per heavy atom. The number of alkyl halides is 3. The van der Waals surface area contributed by atoms with Gasteiger partial charge in [-0.3, -0.25) is 14.1 Å². The molecule has 2 aliphatic rings. The molecule has 0 aromatic heterocycles. The zero-order chi connectivity index (χ0) is 23.9. The Balaban J connectivity index is 2.15. The zero-order valence-electron chi connectivity index (χ0n) is 18.4. The first kappa shape index (κ1) is 24.5. The third-order valence-electron chi connectivity index (χ3n) is 5.16. The van der Waals surface area contributed by atoms with Crippen molar-refractivity contribution in [2.45, 2.75) is 70.3 Å². The van der Waals surface area contributed by atoms with Crippen molar-refractivity contribution >= 4 is 21.7 Å². The molecule has 0 spiro atoms. The van der Waals surface area contributed by atoms with Crippen LogP contribution in [0.3, 0.4) is 0 Å². The van der Waals surface area contributed by atoms with Crippen LogP contribution in [-0.4, -0.2) is 50.4 Å². The molecule has 32 heavy (non-hydrogen) atoms. The lowest BCUT2D eigenvalue weighted by Crippen LogP contribution is -2.50. The van der Waals surface area contributed by atoms with E-state index < -0.39 is 57.2 Å². The predicted octanol–water partition coefficient (Wildman–Crippen LogP) is 4.59. The van der Waals surface area contributed by atoms with Crippen molar-refractivity contribution in [2.75, 3.05) is 12.3 Å². The summed E-state index contributed by atoms with van der Waals surface area (Å²) in [5.41, 5.74) is -2.19. The monoisotopic (exact) mass is 477 g/mol. The average molecular weight is 478 g/mol. The number of halogens is 4. The first-order chi connectivity index (χ1) is 14.6. The minimum atomic E-state index is -4.66. The van der Waals surface area contributed by atoms with Crippen LogP contribution in [-0.2, 0) is 25.0 Å². The van der Waals surface area contributed by atoms with Crippen LogP contribution in [0.1, 0.15) is 52.5 Å². The number of carbonyl (C=O) groups excluding carboxylic acids is 1. The molecular formula is C21H27F4N3O3S. The van der Waals surface area contributed by atoms with Gasteiger partial charge in [0.05, 0.1) is 5.75 Å². The second-order valence-corrected chi connectivity index (χ2v) is 11.4. The van der Waals surface area contributed by atoms with Gasteiger partial charge in [0.2, 0.25) is 0 Å². The zero-order valence-corrected chi connectivity index (χ0v) is 19.2. The van der Waals surface area contributed by atoms with E-state index in [0.717, 1.165) is 0 Å². The molecule has 0 amide bonds. The summed E-state index contributed by atoms with van der Waals surface area (Å²) in [5, 5.41) is 0. The van der Waals surface area contributed by atoms with E-state index in [-0.39, 0.29) is 30.8 Å². The van der Waals surface area contributed by atoms with Crippen LogP contribution in [0, 0.1) is 5.82 Å². The van der Waals surface area contributed by atoms with Crippen LogP contribution in [0.4, 0.5) is 17.6 Å². The van der Waals surface area contributed by atoms with Gasteiger partial charge < -0.3 is 4.74 Å². The smallest absolute Gasteiger partial charge is 0.411 e. The van der Waals surface area contributed by atoms with Crippen LogP contribution in [0.5, 0.6) is 0 Å². The van der Waals surface area contributed by atoms with Crippen molar-refractivity contribution in [3.8, 4) is 0 Å². The normalized spacial score (nSPS) is 28.8. The van der Waals surface area contributed by atoms with Crippen molar-refractivity contribution in [2.24, 2.45) is 9.36 Å². The van der Waals surface area contributed by atoms with Gasteiger partial charge in [-0.1, -0.05) is 18.2 Å². The minimum absolute atomic E-state index is 0.00664. The third kappa shape index (κ3) is 5.24. The molecule has 2 aliphatic heterocycles. The van der Waals surface area contributed by atoms with E-state index >= 15 is 0 Å². The maximum atomic E-state index is 14.6. The predicted molar refractivity (Wildman–Crippen MR) is 113 cm³/mol. The fraction of sp³-hybridized carbons (Fsp3) is 0.619. The van der Waals surface area contributed by atoms with Gasteiger partial charge in [0.25, 0.3) is 0 Å².